The monoisotopic (exact) mass is 345 g/mol. The topological polar surface area (TPSA) is 52.7 Å². The normalized spacial score (nSPS) is 21.7. The van der Waals surface area contributed by atoms with Crippen molar-refractivity contribution in [3.8, 4) is 0 Å². The van der Waals surface area contributed by atoms with Gasteiger partial charge in [-0.05, 0) is 37.3 Å². The van der Waals surface area contributed by atoms with Gasteiger partial charge in [-0.3, -0.25) is 9.59 Å². The van der Waals surface area contributed by atoms with Gasteiger partial charge in [0, 0.05) is 39.6 Å². The quantitative estimate of drug-likeness (QED) is 0.890. The number of hydrogen-bond acceptors (Lipinski definition) is 3. The number of benzene rings is 1. The van der Waals surface area contributed by atoms with E-state index in [4.69, 9.17) is 0 Å². The van der Waals surface area contributed by atoms with E-state index in [9.17, 15) is 9.59 Å². The summed E-state index contributed by atoms with van der Waals surface area (Å²) in [5, 5.41) is 3.48. The van der Waals surface area contributed by atoms with Crippen LogP contribution in [0.4, 0.5) is 0 Å². The molecule has 1 aromatic carbocycles. The van der Waals surface area contributed by atoms with E-state index in [1.165, 1.54) is 11.1 Å². The maximum Gasteiger partial charge on any atom is 0.239 e. The molecule has 2 rings (SSSR count). The molecule has 1 saturated heterocycles. The molecule has 0 bridgehead atoms. The molecule has 1 aromatic rings. The molecule has 5 nitrogen and oxygen atoms in total. The van der Waals surface area contributed by atoms with Gasteiger partial charge in [-0.15, -0.1) is 0 Å². The molecule has 2 amide bonds. The average Bonchev–Trinajstić information content (AvgIpc) is 2.57. The first-order chi connectivity index (χ1) is 11.8. The molecule has 25 heavy (non-hydrogen) atoms. The summed E-state index contributed by atoms with van der Waals surface area (Å²) in [6.07, 6.45) is 0.889. The highest BCUT2D eigenvalue weighted by Crippen LogP contribution is 2.18. The van der Waals surface area contributed by atoms with Crippen LogP contribution in [0.25, 0.3) is 0 Å². The fraction of sp³-hybridized carbons (Fsp3) is 0.600. The van der Waals surface area contributed by atoms with Crippen LogP contribution in [0.2, 0.25) is 0 Å². The number of rotatable bonds is 5. The lowest BCUT2D eigenvalue weighted by atomic mass is 9.93. The standard InChI is InChI=1S/C20H31N3O2/c1-14-8-6-7-9-18(14)13-22(5)20(25)16(3)21-19-10-11-23(17(4)24)12-15(19)2/h6-9,15-16,19,21H,10-13H2,1-5H3/t15-,16-,19-/m0/s1. The van der Waals surface area contributed by atoms with Gasteiger partial charge in [-0.1, -0.05) is 31.2 Å². The van der Waals surface area contributed by atoms with E-state index in [1.54, 1.807) is 11.8 Å². The number of hydrogen-bond donors (Lipinski definition) is 1. The van der Waals surface area contributed by atoms with E-state index in [0.717, 1.165) is 19.5 Å². The van der Waals surface area contributed by atoms with Crippen molar-refractivity contribution in [3.05, 3.63) is 35.4 Å². The Hall–Kier alpha value is -1.88. The Morgan fingerprint density at radius 2 is 2.04 bits per heavy atom. The zero-order valence-corrected chi connectivity index (χ0v) is 16.1. The molecule has 3 atom stereocenters. The van der Waals surface area contributed by atoms with Gasteiger partial charge in [-0.25, -0.2) is 0 Å². The zero-order chi connectivity index (χ0) is 18.6. The fourth-order valence-electron chi connectivity index (χ4n) is 3.52. The highest BCUT2D eigenvalue weighted by Gasteiger charge is 2.30. The third-order valence-corrected chi connectivity index (χ3v) is 5.23. The molecule has 0 radical (unpaired) electrons. The highest BCUT2D eigenvalue weighted by atomic mass is 16.2. The lowest BCUT2D eigenvalue weighted by Crippen LogP contribution is -2.54. The Balaban J connectivity index is 1.89. The number of nitrogens with zero attached hydrogens (tertiary/aromatic N) is 2. The highest BCUT2D eigenvalue weighted by molar-refractivity contribution is 5.81. The van der Waals surface area contributed by atoms with Crippen molar-refractivity contribution in [2.75, 3.05) is 20.1 Å². The lowest BCUT2D eigenvalue weighted by Gasteiger charge is -2.38. The van der Waals surface area contributed by atoms with Gasteiger partial charge in [0.25, 0.3) is 0 Å². The van der Waals surface area contributed by atoms with Crippen LogP contribution >= 0.6 is 0 Å². The van der Waals surface area contributed by atoms with Crippen LogP contribution in [0.15, 0.2) is 24.3 Å². The number of amides is 2. The number of nitrogens with one attached hydrogen (secondary N) is 1. The summed E-state index contributed by atoms with van der Waals surface area (Å²) >= 11 is 0. The summed E-state index contributed by atoms with van der Waals surface area (Å²) in [4.78, 5) is 27.9. The minimum absolute atomic E-state index is 0.101. The van der Waals surface area contributed by atoms with Crippen molar-refractivity contribution >= 4 is 11.8 Å². The number of aryl methyl sites for hydroxylation is 1. The number of likely N-dealkylation sites (tertiary alicyclic amines) is 1. The molecule has 0 spiro atoms. The predicted octanol–water partition coefficient (Wildman–Crippen LogP) is 2.19. The van der Waals surface area contributed by atoms with Gasteiger partial charge in [0.1, 0.15) is 0 Å². The van der Waals surface area contributed by atoms with Gasteiger partial charge in [0.15, 0.2) is 0 Å². The summed E-state index contributed by atoms with van der Waals surface area (Å²) in [6, 6.07) is 8.19. The molecule has 0 saturated carbocycles. The van der Waals surface area contributed by atoms with Gasteiger partial charge >= 0.3 is 0 Å². The van der Waals surface area contributed by atoms with Gasteiger partial charge in [0.05, 0.1) is 6.04 Å². The molecule has 1 N–H and O–H groups in total. The van der Waals surface area contributed by atoms with E-state index < -0.39 is 0 Å². The van der Waals surface area contributed by atoms with E-state index in [1.807, 2.05) is 31.0 Å². The Morgan fingerprint density at radius 3 is 2.64 bits per heavy atom. The molecule has 0 aliphatic carbocycles. The van der Waals surface area contributed by atoms with Gasteiger partial charge in [-0.2, -0.15) is 0 Å². The molecule has 0 unspecified atom stereocenters. The molecule has 5 heteroatoms. The van der Waals surface area contributed by atoms with Crippen LogP contribution < -0.4 is 5.32 Å². The Kier molecular flexibility index (Phi) is 6.59. The minimum atomic E-state index is -0.231. The second-order valence-corrected chi connectivity index (χ2v) is 7.35. The number of carbonyl (C=O) groups is 2. The summed E-state index contributed by atoms with van der Waals surface area (Å²) in [5.74, 6) is 0.575. The van der Waals surface area contributed by atoms with Gasteiger partial charge in [0.2, 0.25) is 11.8 Å². The van der Waals surface area contributed by atoms with Crippen LogP contribution in [-0.4, -0.2) is 53.8 Å². The molecular formula is C20H31N3O2. The molecule has 0 aromatic heterocycles. The Morgan fingerprint density at radius 1 is 1.36 bits per heavy atom. The number of carbonyl (C=O) groups excluding carboxylic acids is 2. The summed E-state index contributed by atoms with van der Waals surface area (Å²) in [5.41, 5.74) is 2.38. The van der Waals surface area contributed by atoms with E-state index >= 15 is 0 Å². The van der Waals surface area contributed by atoms with E-state index in [0.29, 0.717) is 12.5 Å². The third kappa shape index (κ3) is 5.05. The Labute approximate surface area is 151 Å². The van der Waals surface area contributed by atoms with E-state index in [-0.39, 0.29) is 23.9 Å². The second-order valence-electron chi connectivity index (χ2n) is 7.35. The fourth-order valence-corrected chi connectivity index (χ4v) is 3.52. The van der Waals surface area contributed by atoms with Crippen molar-refractivity contribution in [1.82, 2.24) is 15.1 Å². The van der Waals surface area contributed by atoms with Crippen molar-refractivity contribution in [2.45, 2.75) is 52.7 Å². The van der Waals surface area contributed by atoms with Crippen LogP contribution in [0.1, 0.15) is 38.3 Å². The van der Waals surface area contributed by atoms with Gasteiger partial charge < -0.3 is 15.1 Å². The summed E-state index contributed by atoms with van der Waals surface area (Å²) in [7, 11) is 1.86. The average molecular weight is 345 g/mol. The third-order valence-electron chi connectivity index (χ3n) is 5.23. The molecule has 1 fully saturated rings. The molecular weight excluding hydrogens is 314 g/mol. The summed E-state index contributed by atoms with van der Waals surface area (Å²) < 4.78 is 0. The number of piperidine rings is 1. The molecule has 1 aliphatic rings. The second kappa shape index (κ2) is 8.48. The van der Waals surface area contributed by atoms with Crippen molar-refractivity contribution in [2.24, 2.45) is 5.92 Å². The Bertz CT molecular complexity index is 617. The predicted molar refractivity (Wildman–Crippen MR) is 100 cm³/mol. The van der Waals surface area contributed by atoms with Crippen molar-refractivity contribution < 1.29 is 9.59 Å². The van der Waals surface area contributed by atoms with Crippen LogP contribution in [-0.2, 0) is 16.1 Å². The van der Waals surface area contributed by atoms with Crippen molar-refractivity contribution in [1.29, 1.82) is 0 Å². The summed E-state index contributed by atoms with van der Waals surface area (Å²) in [6.45, 7) is 9.90. The van der Waals surface area contributed by atoms with Crippen LogP contribution in [0, 0.1) is 12.8 Å². The molecule has 1 aliphatic heterocycles. The van der Waals surface area contributed by atoms with Crippen molar-refractivity contribution in [3.63, 3.8) is 0 Å². The molecule has 1 heterocycles. The maximum absolute atomic E-state index is 12.7. The first-order valence-corrected chi connectivity index (χ1v) is 9.10. The van der Waals surface area contributed by atoms with Crippen LogP contribution in [0.3, 0.4) is 0 Å². The lowest BCUT2D eigenvalue weighted by molar-refractivity contribution is -0.134. The largest absolute Gasteiger partial charge is 0.343 e. The smallest absolute Gasteiger partial charge is 0.239 e. The molecule has 138 valence electrons. The van der Waals surface area contributed by atoms with E-state index in [2.05, 4.69) is 31.3 Å². The zero-order valence-electron chi connectivity index (χ0n) is 16.1. The maximum atomic E-state index is 12.7. The SMILES string of the molecule is CC(=O)N1CC[C@H](N[C@@H](C)C(=O)N(C)Cc2ccccc2C)[C@@H](C)C1. The first kappa shape index (κ1) is 19.4. The first-order valence-electron chi connectivity index (χ1n) is 9.10. The minimum Gasteiger partial charge on any atom is -0.343 e. The van der Waals surface area contributed by atoms with Crippen LogP contribution in [0.5, 0.6) is 0 Å². The number of likely N-dealkylation sites (N-methyl/N-ethyl adjacent to an activating group) is 1.